The summed E-state index contributed by atoms with van der Waals surface area (Å²) in [6.45, 7) is 1.63. The second-order valence-corrected chi connectivity index (χ2v) is 7.84. The van der Waals surface area contributed by atoms with E-state index in [0.29, 0.717) is 0 Å². The molecular formula is C12H19N2OS2+. The van der Waals surface area contributed by atoms with Gasteiger partial charge in [0.25, 0.3) is 0 Å². The number of nitrogens with zero attached hydrogens (tertiary/aromatic N) is 1. The summed E-state index contributed by atoms with van der Waals surface area (Å²) in [7, 11) is -1.35. The lowest BCUT2D eigenvalue weighted by Crippen LogP contribution is -2.50. The van der Waals surface area contributed by atoms with Crippen molar-refractivity contribution in [3.05, 3.63) is 16.3 Å². The predicted molar refractivity (Wildman–Crippen MR) is 72.4 cm³/mol. The molecule has 94 valence electrons. The SMILES string of the molecule is NC1(CN2Cc3sccc3[SH+]2=O)CCCCC1. The van der Waals surface area contributed by atoms with E-state index in [-0.39, 0.29) is 5.54 Å². The molecule has 1 unspecified atom stereocenters. The summed E-state index contributed by atoms with van der Waals surface area (Å²) >= 11 is 1.71. The zero-order valence-electron chi connectivity index (χ0n) is 9.89. The van der Waals surface area contributed by atoms with E-state index in [1.165, 1.54) is 24.1 Å². The topological polar surface area (TPSA) is 46.3 Å². The van der Waals surface area contributed by atoms with Crippen molar-refractivity contribution < 1.29 is 4.21 Å². The highest BCUT2D eigenvalue weighted by molar-refractivity contribution is 7.83. The minimum atomic E-state index is -1.35. The molecule has 2 aliphatic rings. The Morgan fingerprint density at radius 2 is 2.18 bits per heavy atom. The first-order valence-electron chi connectivity index (χ1n) is 6.25. The lowest BCUT2D eigenvalue weighted by atomic mass is 9.82. The maximum atomic E-state index is 12.3. The van der Waals surface area contributed by atoms with Crippen LogP contribution >= 0.6 is 11.3 Å². The molecule has 1 aliphatic carbocycles. The van der Waals surface area contributed by atoms with Crippen molar-refractivity contribution in [1.29, 1.82) is 0 Å². The number of thiophene rings is 1. The smallest absolute Gasteiger partial charge is 0.190 e. The van der Waals surface area contributed by atoms with Gasteiger partial charge in [-0.2, -0.15) is 0 Å². The van der Waals surface area contributed by atoms with Gasteiger partial charge in [-0.25, -0.2) is 0 Å². The predicted octanol–water partition coefficient (Wildman–Crippen LogP) is 2.20. The Hall–Kier alpha value is -0.230. The summed E-state index contributed by atoms with van der Waals surface area (Å²) in [5.74, 6) is 0. The van der Waals surface area contributed by atoms with E-state index in [9.17, 15) is 4.21 Å². The van der Waals surface area contributed by atoms with Gasteiger partial charge >= 0.3 is 0 Å². The van der Waals surface area contributed by atoms with Gasteiger partial charge < -0.3 is 5.73 Å². The quantitative estimate of drug-likeness (QED) is 0.662. The minimum Gasteiger partial charge on any atom is -0.324 e. The fraction of sp³-hybridized carbons (Fsp3) is 0.667. The van der Waals surface area contributed by atoms with E-state index in [1.54, 1.807) is 11.3 Å². The first-order chi connectivity index (χ1) is 8.18. The number of thiol groups is 1. The Kier molecular flexibility index (Phi) is 3.11. The summed E-state index contributed by atoms with van der Waals surface area (Å²) in [4.78, 5) is 2.31. The van der Waals surface area contributed by atoms with Crippen LogP contribution in [0.1, 0.15) is 37.0 Å². The van der Waals surface area contributed by atoms with Crippen LogP contribution < -0.4 is 5.73 Å². The molecule has 3 nitrogen and oxygen atoms in total. The summed E-state index contributed by atoms with van der Waals surface area (Å²) in [6.07, 6.45) is 5.92. The van der Waals surface area contributed by atoms with Crippen LogP contribution in [0.3, 0.4) is 0 Å². The monoisotopic (exact) mass is 271 g/mol. The normalized spacial score (nSPS) is 28.2. The first kappa shape index (κ1) is 11.8. The molecule has 1 saturated carbocycles. The van der Waals surface area contributed by atoms with E-state index in [2.05, 4.69) is 4.31 Å². The number of rotatable bonds is 2. The molecule has 0 bridgehead atoms. The largest absolute Gasteiger partial charge is 0.324 e. The maximum Gasteiger partial charge on any atom is 0.190 e. The van der Waals surface area contributed by atoms with Crippen molar-refractivity contribution in [2.75, 3.05) is 6.54 Å². The van der Waals surface area contributed by atoms with Gasteiger partial charge in [0.05, 0.1) is 18.0 Å². The van der Waals surface area contributed by atoms with Crippen LogP contribution in [0.4, 0.5) is 0 Å². The van der Waals surface area contributed by atoms with E-state index in [4.69, 9.17) is 5.73 Å². The van der Waals surface area contributed by atoms with Gasteiger partial charge in [-0.3, -0.25) is 0 Å². The average Bonchev–Trinajstić information content (AvgIpc) is 2.85. The van der Waals surface area contributed by atoms with Gasteiger partial charge in [-0.1, -0.05) is 23.5 Å². The zero-order chi connectivity index (χ0) is 11.9. The Labute approximate surface area is 109 Å². The number of hydrogen-bond acceptors (Lipinski definition) is 3. The van der Waals surface area contributed by atoms with Gasteiger partial charge in [0.15, 0.2) is 15.9 Å². The average molecular weight is 271 g/mol. The number of fused-ring (bicyclic) bond motifs is 1. The first-order valence-corrected chi connectivity index (χ1v) is 8.35. The molecule has 2 heterocycles. The highest BCUT2D eigenvalue weighted by Gasteiger charge is 2.40. The van der Waals surface area contributed by atoms with E-state index >= 15 is 0 Å². The molecule has 1 aliphatic heterocycles. The second-order valence-electron chi connectivity index (χ2n) is 5.25. The molecule has 0 radical (unpaired) electrons. The molecule has 3 rings (SSSR count). The lowest BCUT2D eigenvalue weighted by molar-refractivity contribution is 0.239. The Balaban J connectivity index is 1.71. The molecular weight excluding hydrogens is 252 g/mol. The van der Waals surface area contributed by atoms with Crippen molar-refractivity contribution in [2.45, 2.75) is 49.1 Å². The summed E-state index contributed by atoms with van der Waals surface area (Å²) in [6, 6.07) is 2.00. The molecule has 1 aromatic heterocycles. The van der Waals surface area contributed by atoms with E-state index in [0.717, 1.165) is 30.8 Å². The minimum absolute atomic E-state index is 0.0998. The van der Waals surface area contributed by atoms with E-state index < -0.39 is 11.0 Å². The third kappa shape index (κ3) is 2.21. The molecule has 1 atom stereocenters. The zero-order valence-corrected chi connectivity index (χ0v) is 11.6. The highest BCUT2D eigenvalue weighted by Crippen LogP contribution is 2.34. The Bertz CT molecular complexity index is 437. The fourth-order valence-electron chi connectivity index (χ4n) is 2.90. The van der Waals surface area contributed by atoms with Gasteiger partial charge in [-0.05, 0) is 18.2 Å². The van der Waals surface area contributed by atoms with Crippen molar-refractivity contribution in [1.82, 2.24) is 4.31 Å². The number of nitrogens with two attached hydrogens (primary N) is 1. The van der Waals surface area contributed by atoms with Crippen LogP contribution in [0.25, 0.3) is 0 Å². The lowest BCUT2D eigenvalue weighted by Gasteiger charge is -2.34. The van der Waals surface area contributed by atoms with Gasteiger partial charge in [0, 0.05) is 11.6 Å². The molecule has 0 saturated heterocycles. The molecule has 0 spiro atoms. The molecule has 0 amide bonds. The van der Waals surface area contributed by atoms with Crippen LogP contribution in [0, 0.1) is 0 Å². The van der Waals surface area contributed by atoms with Crippen LogP contribution in [-0.2, 0) is 21.7 Å². The standard InChI is InChI=1S/C12H18N2OS2/c13-12(5-2-1-3-6-12)9-14-8-10-11(17(14)15)4-7-16-10/h4,7H,1-3,5-6,8-9,13H2/p+1. The third-order valence-electron chi connectivity index (χ3n) is 3.86. The van der Waals surface area contributed by atoms with Gasteiger partial charge in [0.1, 0.15) is 0 Å². The summed E-state index contributed by atoms with van der Waals surface area (Å²) < 4.78 is 14.4. The van der Waals surface area contributed by atoms with Crippen molar-refractivity contribution in [3.63, 3.8) is 0 Å². The molecule has 17 heavy (non-hydrogen) atoms. The maximum absolute atomic E-state index is 12.3. The van der Waals surface area contributed by atoms with Gasteiger partial charge in [0.2, 0.25) is 0 Å². The van der Waals surface area contributed by atoms with Gasteiger partial charge in [-0.15, -0.1) is 15.6 Å². The van der Waals surface area contributed by atoms with Crippen molar-refractivity contribution in [3.8, 4) is 0 Å². The molecule has 2 N–H and O–H groups in total. The molecule has 1 fully saturated rings. The molecule has 1 aromatic rings. The third-order valence-corrected chi connectivity index (χ3v) is 6.54. The highest BCUT2D eigenvalue weighted by atomic mass is 32.2. The van der Waals surface area contributed by atoms with Crippen LogP contribution in [0.2, 0.25) is 0 Å². The van der Waals surface area contributed by atoms with Crippen molar-refractivity contribution >= 4 is 22.3 Å². The van der Waals surface area contributed by atoms with Crippen LogP contribution in [-0.4, -0.2) is 16.4 Å². The summed E-state index contributed by atoms with van der Waals surface area (Å²) in [5, 5.41) is 2.04. The van der Waals surface area contributed by atoms with Crippen LogP contribution in [0.15, 0.2) is 16.3 Å². The van der Waals surface area contributed by atoms with Crippen LogP contribution in [0.5, 0.6) is 0 Å². The van der Waals surface area contributed by atoms with E-state index in [1.807, 2.05) is 11.4 Å². The summed E-state index contributed by atoms with van der Waals surface area (Å²) in [5.41, 5.74) is 6.34. The second kappa shape index (κ2) is 4.46. The molecule has 0 aromatic carbocycles. The molecule has 5 heteroatoms. The fourth-order valence-corrected chi connectivity index (χ4v) is 5.75. The Morgan fingerprint density at radius 1 is 1.41 bits per heavy atom. The Morgan fingerprint density at radius 3 is 2.88 bits per heavy atom. The van der Waals surface area contributed by atoms with Crippen molar-refractivity contribution in [2.24, 2.45) is 5.73 Å². The number of hydrogen-bond donors (Lipinski definition) is 1.